The summed E-state index contributed by atoms with van der Waals surface area (Å²) in [4.78, 5) is 16.9. The number of amides is 1. The van der Waals surface area contributed by atoms with Crippen molar-refractivity contribution in [1.82, 2.24) is 4.98 Å². The van der Waals surface area contributed by atoms with Crippen LogP contribution in [0, 0.1) is 5.82 Å². The van der Waals surface area contributed by atoms with Gasteiger partial charge in [0.1, 0.15) is 11.6 Å². The molecule has 1 aromatic heterocycles. The third kappa shape index (κ3) is 5.30. The van der Waals surface area contributed by atoms with E-state index in [0.717, 1.165) is 5.56 Å². The molecule has 0 bridgehead atoms. The highest BCUT2D eigenvalue weighted by atomic mass is 28.4. The topological polar surface area (TPSA) is 77.2 Å². The van der Waals surface area contributed by atoms with Crippen LogP contribution in [0.2, 0.25) is 18.1 Å². The molecule has 0 atom stereocenters. The second-order valence-electron chi connectivity index (χ2n) is 9.01. The number of hydrogen-bond acceptors (Lipinski definition) is 4. The maximum absolute atomic E-state index is 13.1. The first-order valence-corrected chi connectivity index (χ1v) is 13.0. The third-order valence-electron chi connectivity index (χ3n) is 5.60. The fourth-order valence-electron chi connectivity index (χ4n) is 2.67. The number of carbonyl (C=O) groups is 1. The number of hydrogen-bond donors (Lipinski definition) is 2. The van der Waals surface area contributed by atoms with Crippen LogP contribution in [-0.2, 0) is 0 Å². The Labute approximate surface area is 183 Å². The lowest BCUT2D eigenvalue weighted by atomic mass is 10.1. The van der Waals surface area contributed by atoms with Crippen molar-refractivity contribution >= 4 is 25.6 Å². The van der Waals surface area contributed by atoms with E-state index in [1.807, 2.05) is 0 Å². The molecule has 1 heterocycles. The van der Waals surface area contributed by atoms with Gasteiger partial charge in [-0.2, -0.15) is 0 Å². The van der Waals surface area contributed by atoms with Gasteiger partial charge in [0, 0.05) is 17.4 Å². The molecule has 0 unspecified atom stereocenters. The number of carbonyl (C=O) groups excluding carboxylic acids is 1. The van der Waals surface area contributed by atoms with E-state index in [1.165, 1.54) is 18.3 Å². The number of nitrogens with zero attached hydrogens (tertiary/aromatic N) is 1. The number of benzene rings is 2. The van der Waals surface area contributed by atoms with Crippen molar-refractivity contribution in [3.63, 3.8) is 0 Å². The van der Waals surface area contributed by atoms with Crippen molar-refractivity contribution in [1.29, 1.82) is 0 Å². The second-order valence-corrected chi connectivity index (χ2v) is 13.7. The van der Waals surface area contributed by atoms with Crippen LogP contribution in [0.4, 0.5) is 15.8 Å². The van der Waals surface area contributed by atoms with Crippen LogP contribution < -0.4 is 15.5 Å². The van der Waals surface area contributed by atoms with Crippen LogP contribution >= 0.6 is 0 Å². The fraction of sp³-hybridized carbons (Fsp3) is 0.250. The number of nitrogen functional groups attached to an aromatic ring is 1. The smallest absolute Gasteiger partial charge is 0.257 e. The SMILES string of the molecule is CC(C)(C)[Si](C)(C)Oc1ccc(NC(=O)c2ccc(-c3ccc(F)cc3)nc2)cc1N. The zero-order chi connectivity index (χ0) is 22.8. The number of aromatic nitrogens is 1. The van der Waals surface area contributed by atoms with Crippen molar-refractivity contribution < 1.29 is 13.6 Å². The molecular weight excluding hydrogens is 409 g/mol. The Morgan fingerprint density at radius 3 is 2.29 bits per heavy atom. The summed E-state index contributed by atoms with van der Waals surface area (Å²) < 4.78 is 19.3. The lowest BCUT2D eigenvalue weighted by Crippen LogP contribution is -2.44. The number of pyridine rings is 1. The molecule has 1 amide bonds. The van der Waals surface area contributed by atoms with Crippen LogP contribution in [-0.4, -0.2) is 19.2 Å². The lowest BCUT2D eigenvalue weighted by Gasteiger charge is -2.36. The molecule has 0 fully saturated rings. The summed E-state index contributed by atoms with van der Waals surface area (Å²) in [5, 5.41) is 2.89. The molecule has 2 aromatic carbocycles. The Kier molecular flexibility index (Phi) is 6.17. The fourth-order valence-corrected chi connectivity index (χ4v) is 3.71. The van der Waals surface area contributed by atoms with Crippen molar-refractivity contribution in [3.8, 4) is 17.0 Å². The average molecular weight is 438 g/mol. The molecule has 7 heteroatoms. The molecule has 0 aliphatic heterocycles. The van der Waals surface area contributed by atoms with Gasteiger partial charge in [0.2, 0.25) is 0 Å². The Bertz CT molecular complexity index is 1080. The van der Waals surface area contributed by atoms with Gasteiger partial charge in [-0.3, -0.25) is 9.78 Å². The first-order valence-electron chi connectivity index (χ1n) is 10.1. The van der Waals surface area contributed by atoms with Gasteiger partial charge in [-0.15, -0.1) is 0 Å². The number of nitrogens with two attached hydrogens (primary N) is 1. The van der Waals surface area contributed by atoms with Gasteiger partial charge < -0.3 is 15.5 Å². The quantitative estimate of drug-likeness (QED) is 0.373. The zero-order valence-corrected chi connectivity index (χ0v) is 19.5. The third-order valence-corrected chi connectivity index (χ3v) is 9.95. The molecule has 31 heavy (non-hydrogen) atoms. The van der Waals surface area contributed by atoms with Gasteiger partial charge in [-0.1, -0.05) is 20.8 Å². The molecule has 162 valence electrons. The summed E-state index contributed by atoms with van der Waals surface area (Å²) in [5.74, 6) is 0.0327. The predicted octanol–water partition coefficient (Wildman–Crippen LogP) is 6.11. The minimum atomic E-state index is -2.01. The summed E-state index contributed by atoms with van der Waals surface area (Å²) >= 11 is 0. The number of rotatable bonds is 5. The number of nitrogens with one attached hydrogen (secondary N) is 1. The average Bonchev–Trinajstić information content (AvgIpc) is 2.70. The summed E-state index contributed by atoms with van der Waals surface area (Å²) in [7, 11) is -2.01. The van der Waals surface area contributed by atoms with Gasteiger partial charge in [-0.05, 0) is 72.7 Å². The minimum Gasteiger partial charge on any atom is -0.542 e. The van der Waals surface area contributed by atoms with Gasteiger partial charge in [-0.25, -0.2) is 4.39 Å². The highest BCUT2D eigenvalue weighted by Crippen LogP contribution is 2.39. The van der Waals surface area contributed by atoms with E-state index >= 15 is 0 Å². The highest BCUT2D eigenvalue weighted by Gasteiger charge is 2.39. The summed E-state index contributed by atoms with van der Waals surface area (Å²) in [6.07, 6.45) is 1.49. The number of halogens is 1. The maximum atomic E-state index is 13.1. The first kappa shape index (κ1) is 22.5. The second kappa shape index (κ2) is 8.51. The summed E-state index contributed by atoms with van der Waals surface area (Å²) in [5.41, 5.74) is 9.09. The van der Waals surface area contributed by atoms with E-state index in [0.29, 0.717) is 28.4 Å². The van der Waals surface area contributed by atoms with Crippen LogP contribution in [0.3, 0.4) is 0 Å². The van der Waals surface area contributed by atoms with Crippen LogP contribution in [0.1, 0.15) is 31.1 Å². The molecule has 0 aliphatic rings. The van der Waals surface area contributed by atoms with E-state index < -0.39 is 8.32 Å². The van der Waals surface area contributed by atoms with E-state index in [-0.39, 0.29) is 16.8 Å². The van der Waals surface area contributed by atoms with Crippen molar-refractivity contribution in [2.45, 2.75) is 38.9 Å². The number of anilines is 2. The van der Waals surface area contributed by atoms with E-state index in [4.69, 9.17) is 10.2 Å². The van der Waals surface area contributed by atoms with E-state index in [1.54, 1.807) is 42.5 Å². The molecule has 0 radical (unpaired) electrons. The molecule has 3 rings (SSSR count). The largest absolute Gasteiger partial charge is 0.542 e. The van der Waals surface area contributed by atoms with Crippen LogP contribution in [0.25, 0.3) is 11.3 Å². The van der Waals surface area contributed by atoms with E-state index in [2.05, 4.69) is 44.2 Å². The molecule has 5 nitrogen and oxygen atoms in total. The zero-order valence-electron chi connectivity index (χ0n) is 18.5. The Balaban J connectivity index is 1.70. The molecule has 0 saturated heterocycles. The minimum absolute atomic E-state index is 0.0550. The predicted molar refractivity (Wildman–Crippen MR) is 126 cm³/mol. The monoisotopic (exact) mass is 437 g/mol. The molecular formula is C24H28FN3O2Si. The molecule has 0 spiro atoms. The van der Waals surface area contributed by atoms with Crippen molar-refractivity contribution in [3.05, 3.63) is 72.2 Å². The van der Waals surface area contributed by atoms with E-state index in [9.17, 15) is 9.18 Å². The first-order chi connectivity index (χ1) is 14.5. The Hall–Kier alpha value is -3.19. The molecule has 3 N–H and O–H groups in total. The Morgan fingerprint density at radius 1 is 1.06 bits per heavy atom. The van der Waals surface area contributed by atoms with Crippen molar-refractivity contribution in [2.24, 2.45) is 0 Å². The molecule has 0 saturated carbocycles. The molecule has 3 aromatic rings. The van der Waals surface area contributed by atoms with Crippen LogP contribution in [0.5, 0.6) is 5.75 Å². The summed E-state index contributed by atoms with van der Waals surface area (Å²) in [6, 6.07) is 14.7. The van der Waals surface area contributed by atoms with Gasteiger partial charge in [0.25, 0.3) is 14.2 Å². The molecule has 0 aliphatic carbocycles. The van der Waals surface area contributed by atoms with Gasteiger partial charge in [0.05, 0.1) is 16.9 Å². The Morgan fingerprint density at radius 2 is 1.74 bits per heavy atom. The maximum Gasteiger partial charge on any atom is 0.257 e. The van der Waals surface area contributed by atoms with Gasteiger partial charge in [0.15, 0.2) is 0 Å². The lowest BCUT2D eigenvalue weighted by molar-refractivity contribution is 0.102. The van der Waals surface area contributed by atoms with Crippen molar-refractivity contribution in [2.75, 3.05) is 11.1 Å². The van der Waals surface area contributed by atoms with Gasteiger partial charge >= 0.3 is 0 Å². The standard InChI is InChI=1S/C24H28FN3O2Si/c1-24(2,3)31(4,5)30-22-13-11-19(14-20(22)26)28-23(29)17-8-12-21(27-15-17)16-6-9-18(25)10-7-16/h6-15H,26H2,1-5H3,(H,28,29). The highest BCUT2D eigenvalue weighted by molar-refractivity contribution is 6.74. The van der Waals surface area contributed by atoms with Crippen LogP contribution in [0.15, 0.2) is 60.8 Å². The normalized spacial score (nSPS) is 11.8. The summed E-state index contributed by atoms with van der Waals surface area (Å²) in [6.45, 7) is 10.8.